The Balaban J connectivity index is 2.54. The Hall–Kier alpha value is 1.66. The van der Waals surface area contributed by atoms with Crippen molar-refractivity contribution in [2.45, 2.75) is 9.88 Å². The number of hydrogen-bond acceptors (Lipinski definition) is 0. The van der Waals surface area contributed by atoms with Crippen molar-refractivity contribution in [1.29, 1.82) is 0 Å². The van der Waals surface area contributed by atoms with Crippen molar-refractivity contribution in [2.24, 2.45) is 0 Å². The van der Waals surface area contributed by atoms with Gasteiger partial charge in [-0.15, -0.1) is 0 Å². The third-order valence-corrected chi connectivity index (χ3v) is 20.1. The molecule has 5 heavy (non-hydrogen) atoms. The molecule has 0 fully saturated rings. The van der Waals surface area contributed by atoms with Crippen LogP contribution in [0, 0.1) is 0 Å². The van der Waals surface area contributed by atoms with Crippen LogP contribution in [0.2, 0.25) is 9.88 Å². The van der Waals surface area contributed by atoms with E-state index in [-0.39, 0.29) is 0 Å². The molecule has 2 unspecified atom stereocenters. The van der Waals surface area contributed by atoms with Crippen molar-refractivity contribution in [2.75, 3.05) is 0 Å². The third kappa shape index (κ3) is 5.66. The maximum atomic E-state index is 2.82. The minimum absolute atomic E-state index is 0.688. The molecule has 2 atom stereocenters. The van der Waals surface area contributed by atoms with Gasteiger partial charge < -0.3 is 0 Å². The second-order valence-corrected chi connectivity index (χ2v) is 25.6. The molecule has 0 bridgehead atoms. The number of rotatable bonds is 1. The zero-order valence-corrected chi connectivity index (χ0v) is 9.11. The molecule has 0 N–H and O–H groups in total. The normalized spacial score (nSPS) is 12.0. The van der Waals surface area contributed by atoms with Crippen molar-refractivity contribution < 1.29 is 0 Å². The molecule has 0 amide bonds. The summed E-state index contributed by atoms with van der Waals surface area (Å²) in [6, 6.07) is 0. The van der Waals surface area contributed by atoms with E-state index < -0.39 is 19.2 Å². The topological polar surface area (TPSA) is 0 Å². The quantitative estimate of drug-likeness (QED) is 0.458. The van der Waals surface area contributed by atoms with Crippen LogP contribution < -0.4 is 0 Å². The first kappa shape index (κ1) is 6.66. The van der Waals surface area contributed by atoms with Crippen LogP contribution in [0.4, 0.5) is 0 Å². The molecule has 0 aromatic rings. The van der Waals surface area contributed by atoms with Crippen LogP contribution in [0.25, 0.3) is 0 Å². The zero-order valence-electron chi connectivity index (χ0n) is 3.65. The molecule has 0 rings (SSSR count). The fourth-order valence-electron chi connectivity index (χ4n) is 0. The Bertz CT molecular complexity index is 21.6. The predicted octanol–water partition coefficient (Wildman–Crippen LogP) is 1.44. The molecule has 0 aliphatic carbocycles. The van der Waals surface area contributed by atoms with Crippen molar-refractivity contribution in [3.63, 3.8) is 0 Å². The maximum absolute atomic E-state index is 2.82. The van der Waals surface area contributed by atoms with Crippen LogP contribution >= 0.6 is 14.9 Å². The molecule has 0 aromatic heterocycles. The fraction of sp³-hybridized carbons (Fsp3) is 1.00. The van der Waals surface area contributed by atoms with Gasteiger partial charge in [0.2, 0.25) is 0 Å². The van der Waals surface area contributed by atoms with Crippen molar-refractivity contribution in [3.05, 3.63) is 0 Å². The van der Waals surface area contributed by atoms with Gasteiger partial charge in [0.1, 0.15) is 0 Å². The molecule has 0 saturated carbocycles. The Morgan fingerprint density at radius 3 is 1.80 bits per heavy atom. The van der Waals surface area contributed by atoms with Crippen LogP contribution in [0.15, 0.2) is 0 Å². The average molecular weight is 215 g/mol. The molecule has 0 aromatic carbocycles. The average Bonchev–Trinajstić information content (AvgIpc) is 1.38. The monoisotopic (exact) mass is 216 g/mol. The first-order chi connectivity index (χ1) is 2.27. The van der Waals surface area contributed by atoms with Gasteiger partial charge in [-0.1, -0.05) is 0 Å². The molecular formula is C2H10P2Sn. The van der Waals surface area contributed by atoms with E-state index in [9.17, 15) is 0 Å². The van der Waals surface area contributed by atoms with Gasteiger partial charge in [-0.2, -0.15) is 0 Å². The summed E-state index contributed by atoms with van der Waals surface area (Å²) in [5.74, 6) is 1.24. The van der Waals surface area contributed by atoms with E-state index in [4.69, 9.17) is 0 Å². The van der Waals surface area contributed by atoms with E-state index in [0.29, 0.717) is 0 Å². The van der Waals surface area contributed by atoms with Crippen LogP contribution in [0.3, 0.4) is 0 Å². The van der Waals surface area contributed by atoms with Crippen LogP contribution in [0.1, 0.15) is 0 Å². The summed E-state index contributed by atoms with van der Waals surface area (Å²) in [5.41, 5.74) is 0. The first-order valence-electron chi connectivity index (χ1n) is 1.73. The molecule has 32 valence electrons. The van der Waals surface area contributed by atoms with Gasteiger partial charge in [-0.05, 0) is 0 Å². The Morgan fingerprint density at radius 1 is 1.60 bits per heavy atom. The van der Waals surface area contributed by atoms with E-state index in [1.165, 1.54) is 5.92 Å². The molecule has 0 aliphatic heterocycles. The van der Waals surface area contributed by atoms with Gasteiger partial charge in [0.05, 0.1) is 0 Å². The fourth-order valence-corrected chi connectivity index (χ4v) is 0. The first-order valence-corrected chi connectivity index (χ1v) is 16.2. The SMILES string of the molecule is [CH3][SnH]([CH3])[PH]P. The summed E-state index contributed by atoms with van der Waals surface area (Å²) in [7, 11) is 2.82. The van der Waals surface area contributed by atoms with Crippen molar-refractivity contribution in [3.8, 4) is 0 Å². The summed E-state index contributed by atoms with van der Waals surface area (Å²) in [6.07, 6.45) is 0. The molecule has 0 spiro atoms. The van der Waals surface area contributed by atoms with Gasteiger partial charge in [0.25, 0.3) is 0 Å². The summed E-state index contributed by atoms with van der Waals surface area (Å²) < 4.78 is 0. The van der Waals surface area contributed by atoms with E-state index in [1.807, 2.05) is 0 Å². The van der Waals surface area contributed by atoms with Gasteiger partial charge in [-0.25, -0.2) is 0 Å². The number of hydrogen-bond donors (Lipinski definition) is 0. The summed E-state index contributed by atoms with van der Waals surface area (Å²) in [6.45, 7) is 0. The Morgan fingerprint density at radius 2 is 1.80 bits per heavy atom. The molecule has 0 heterocycles. The second kappa shape index (κ2) is 3.84. The molecule has 0 saturated heterocycles. The predicted molar refractivity (Wildman–Crippen MR) is 36.9 cm³/mol. The van der Waals surface area contributed by atoms with Crippen LogP contribution in [0.5, 0.6) is 0 Å². The minimum atomic E-state index is -0.688. The van der Waals surface area contributed by atoms with E-state index in [1.54, 1.807) is 0 Å². The Kier molecular flexibility index (Phi) is 5.11. The molecule has 0 radical (unpaired) electrons. The van der Waals surface area contributed by atoms with E-state index >= 15 is 0 Å². The van der Waals surface area contributed by atoms with Crippen LogP contribution in [-0.4, -0.2) is 19.2 Å². The molecule has 3 heteroatoms. The van der Waals surface area contributed by atoms with Crippen molar-refractivity contribution in [1.82, 2.24) is 0 Å². The van der Waals surface area contributed by atoms with Gasteiger partial charge in [0.15, 0.2) is 0 Å². The summed E-state index contributed by atoms with van der Waals surface area (Å²) in [5, 5.41) is 0. The Labute approximate surface area is 44.1 Å². The standard InChI is InChI=1S/2CH3.H3P2.Sn.H/c;;1-2;;/h2*1H3;1H,2H2;;/q;;-1;+1;. The van der Waals surface area contributed by atoms with Gasteiger partial charge >= 0.3 is 43.9 Å². The van der Waals surface area contributed by atoms with Crippen LogP contribution in [-0.2, 0) is 0 Å². The molecule has 0 nitrogen and oxygen atoms in total. The zero-order chi connectivity index (χ0) is 4.28. The molecule has 0 aliphatic rings. The van der Waals surface area contributed by atoms with E-state index in [2.05, 4.69) is 18.8 Å². The van der Waals surface area contributed by atoms with Gasteiger partial charge in [-0.3, -0.25) is 0 Å². The summed E-state index contributed by atoms with van der Waals surface area (Å²) >= 11 is -0.688. The second-order valence-electron chi connectivity index (χ2n) is 1.32. The molecular weight excluding hydrogens is 205 g/mol. The van der Waals surface area contributed by atoms with E-state index in [0.717, 1.165) is 0 Å². The van der Waals surface area contributed by atoms with Gasteiger partial charge in [0, 0.05) is 0 Å². The van der Waals surface area contributed by atoms with Crippen molar-refractivity contribution >= 4 is 34.1 Å². The summed E-state index contributed by atoms with van der Waals surface area (Å²) in [4.78, 5) is 4.85. The third-order valence-electron chi connectivity index (χ3n) is 0.333.